The van der Waals surface area contributed by atoms with E-state index < -0.39 is 0 Å². The Bertz CT molecular complexity index is 538. The number of thiazole rings is 1. The zero-order valence-electron chi connectivity index (χ0n) is 10.7. The first-order valence-electron chi connectivity index (χ1n) is 6.34. The van der Waals surface area contributed by atoms with Gasteiger partial charge in [-0.3, -0.25) is 4.98 Å². The molecule has 0 radical (unpaired) electrons. The number of rotatable bonds is 4. The highest BCUT2D eigenvalue weighted by Crippen LogP contribution is 2.27. The summed E-state index contributed by atoms with van der Waals surface area (Å²) in [6, 6.07) is 4.95. The molecule has 0 spiro atoms. The second kappa shape index (κ2) is 4.78. The van der Waals surface area contributed by atoms with Gasteiger partial charge in [0, 0.05) is 40.6 Å². The lowest BCUT2D eigenvalue weighted by molar-refractivity contribution is 0.694. The van der Waals surface area contributed by atoms with Crippen molar-refractivity contribution in [3.8, 4) is 10.6 Å². The van der Waals surface area contributed by atoms with Gasteiger partial charge in [0.25, 0.3) is 0 Å². The number of hydrogen-bond acceptors (Lipinski definition) is 4. The topological polar surface area (TPSA) is 37.8 Å². The van der Waals surface area contributed by atoms with Crippen molar-refractivity contribution in [2.45, 2.75) is 39.3 Å². The first-order chi connectivity index (χ1) is 8.70. The van der Waals surface area contributed by atoms with Crippen molar-refractivity contribution in [1.29, 1.82) is 0 Å². The van der Waals surface area contributed by atoms with E-state index in [9.17, 15) is 0 Å². The Balaban J connectivity index is 1.78. The van der Waals surface area contributed by atoms with E-state index in [1.165, 1.54) is 23.3 Å². The van der Waals surface area contributed by atoms with Gasteiger partial charge < -0.3 is 5.32 Å². The minimum atomic E-state index is 0.751. The molecular weight excluding hydrogens is 242 g/mol. The molecule has 2 aromatic heterocycles. The third-order valence-electron chi connectivity index (χ3n) is 3.02. The molecule has 3 nitrogen and oxygen atoms in total. The molecule has 94 valence electrons. The Kier molecular flexibility index (Phi) is 3.14. The van der Waals surface area contributed by atoms with Crippen LogP contribution < -0.4 is 5.32 Å². The second-order valence-electron chi connectivity index (χ2n) is 4.93. The predicted octanol–water partition coefficient (Wildman–Crippen LogP) is 3.07. The van der Waals surface area contributed by atoms with Crippen LogP contribution in [0, 0.1) is 13.8 Å². The van der Waals surface area contributed by atoms with E-state index in [1.54, 1.807) is 11.3 Å². The Labute approximate surface area is 111 Å². The number of aryl methyl sites for hydroxylation is 2. The predicted molar refractivity (Wildman–Crippen MR) is 74.7 cm³/mol. The lowest BCUT2D eigenvalue weighted by Crippen LogP contribution is -2.14. The van der Waals surface area contributed by atoms with Crippen molar-refractivity contribution in [1.82, 2.24) is 15.3 Å². The first-order valence-corrected chi connectivity index (χ1v) is 7.16. The highest BCUT2D eigenvalue weighted by Gasteiger charge is 2.20. The SMILES string of the molecule is Cc1cc(-c2ncc(CNC3CC3)s2)cc(C)n1. The summed E-state index contributed by atoms with van der Waals surface area (Å²) < 4.78 is 0. The molecule has 1 fully saturated rings. The minimum absolute atomic E-state index is 0.751. The molecule has 0 saturated heterocycles. The molecule has 2 aromatic rings. The van der Waals surface area contributed by atoms with E-state index in [0.29, 0.717) is 0 Å². The largest absolute Gasteiger partial charge is 0.309 e. The van der Waals surface area contributed by atoms with Crippen molar-refractivity contribution in [2.24, 2.45) is 0 Å². The molecule has 0 atom stereocenters. The van der Waals surface area contributed by atoms with Crippen LogP contribution in [0.1, 0.15) is 29.1 Å². The number of hydrogen-bond donors (Lipinski definition) is 1. The highest BCUT2D eigenvalue weighted by atomic mass is 32.1. The van der Waals surface area contributed by atoms with E-state index in [4.69, 9.17) is 0 Å². The van der Waals surface area contributed by atoms with Crippen LogP contribution in [0.15, 0.2) is 18.3 Å². The van der Waals surface area contributed by atoms with Crippen molar-refractivity contribution < 1.29 is 0 Å². The number of aromatic nitrogens is 2. The van der Waals surface area contributed by atoms with Crippen LogP contribution in [0.2, 0.25) is 0 Å². The van der Waals surface area contributed by atoms with E-state index in [-0.39, 0.29) is 0 Å². The molecule has 4 heteroatoms. The molecule has 0 unspecified atom stereocenters. The fourth-order valence-electron chi connectivity index (χ4n) is 2.01. The number of nitrogens with one attached hydrogen (secondary N) is 1. The summed E-state index contributed by atoms with van der Waals surface area (Å²) in [6.45, 7) is 5.00. The lowest BCUT2D eigenvalue weighted by Gasteiger charge is -2.00. The highest BCUT2D eigenvalue weighted by molar-refractivity contribution is 7.15. The molecule has 0 aliphatic heterocycles. The monoisotopic (exact) mass is 259 g/mol. The van der Waals surface area contributed by atoms with Gasteiger partial charge in [-0.2, -0.15) is 0 Å². The van der Waals surface area contributed by atoms with Gasteiger partial charge >= 0.3 is 0 Å². The van der Waals surface area contributed by atoms with Gasteiger partial charge in [-0.25, -0.2) is 4.98 Å². The Morgan fingerprint density at radius 1 is 1.28 bits per heavy atom. The smallest absolute Gasteiger partial charge is 0.123 e. The Hall–Kier alpha value is -1.26. The molecule has 0 bridgehead atoms. The van der Waals surface area contributed by atoms with Gasteiger partial charge in [-0.15, -0.1) is 11.3 Å². The van der Waals surface area contributed by atoms with Crippen LogP contribution in [0.25, 0.3) is 10.6 Å². The van der Waals surface area contributed by atoms with Gasteiger partial charge in [0.05, 0.1) is 0 Å². The molecule has 1 saturated carbocycles. The van der Waals surface area contributed by atoms with Gasteiger partial charge in [0.2, 0.25) is 0 Å². The average molecular weight is 259 g/mol. The molecule has 2 heterocycles. The van der Waals surface area contributed by atoms with Crippen LogP contribution in [0.4, 0.5) is 0 Å². The van der Waals surface area contributed by atoms with E-state index >= 15 is 0 Å². The molecule has 18 heavy (non-hydrogen) atoms. The van der Waals surface area contributed by atoms with Crippen LogP contribution in [0.5, 0.6) is 0 Å². The molecule has 1 aliphatic rings. The summed E-state index contributed by atoms with van der Waals surface area (Å²) >= 11 is 1.77. The minimum Gasteiger partial charge on any atom is -0.309 e. The molecule has 1 N–H and O–H groups in total. The molecule has 0 aromatic carbocycles. The number of nitrogens with zero attached hydrogens (tertiary/aromatic N) is 2. The maximum absolute atomic E-state index is 4.52. The van der Waals surface area contributed by atoms with Gasteiger partial charge in [0.1, 0.15) is 5.01 Å². The van der Waals surface area contributed by atoms with Crippen LogP contribution in [-0.4, -0.2) is 16.0 Å². The summed E-state index contributed by atoms with van der Waals surface area (Å²) in [5.74, 6) is 0. The normalized spacial score (nSPS) is 15.0. The summed E-state index contributed by atoms with van der Waals surface area (Å²) in [4.78, 5) is 10.2. The van der Waals surface area contributed by atoms with E-state index in [1.807, 2.05) is 20.0 Å². The maximum Gasteiger partial charge on any atom is 0.123 e. The standard InChI is InChI=1S/C14H17N3S/c1-9-5-11(6-10(2)17-9)14-16-8-13(18-14)7-15-12-3-4-12/h5-6,8,12,15H,3-4,7H2,1-2H3. The van der Waals surface area contributed by atoms with Crippen LogP contribution in [-0.2, 0) is 6.54 Å². The zero-order valence-corrected chi connectivity index (χ0v) is 11.5. The number of pyridine rings is 1. The van der Waals surface area contributed by atoms with Crippen molar-refractivity contribution in [3.63, 3.8) is 0 Å². The van der Waals surface area contributed by atoms with E-state index in [2.05, 4.69) is 27.4 Å². The summed E-state index contributed by atoms with van der Waals surface area (Å²) in [6.07, 6.45) is 4.64. The van der Waals surface area contributed by atoms with Gasteiger partial charge in [-0.1, -0.05) is 0 Å². The van der Waals surface area contributed by atoms with Crippen molar-refractivity contribution >= 4 is 11.3 Å². The molecular formula is C14H17N3S. The fourth-order valence-corrected chi connectivity index (χ4v) is 2.86. The Morgan fingerprint density at radius 2 is 2.00 bits per heavy atom. The Morgan fingerprint density at radius 3 is 2.67 bits per heavy atom. The molecule has 3 rings (SSSR count). The van der Waals surface area contributed by atoms with Crippen LogP contribution >= 0.6 is 11.3 Å². The third-order valence-corrected chi connectivity index (χ3v) is 4.07. The quantitative estimate of drug-likeness (QED) is 0.917. The summed E-state index contributed by atoms with van der Waals surface area (Å²) in [5.41, 5.74) is 3.29. The zero-order chi connectivity index (χ0) is 12.5. The van der Waals surface area contributed by atoms with Gasteiger partial charge in [-0.05, 0) is 38.8 Å². The lowest BCUT2D eigenvalue weighted by atomic mass is 10.2. The second-order valence-corrected chi connectivity index (χ2v) is 6.04. The molecule has 0 amide bonds. The maximum atomic E-state index is 4.52. The molecule has 1 aliphatic carbocycles. The summed E-state index contributed by atoms with van der Waals surface area (Å²) in [7, 11) is 0. The van der Waals surface area contributed by atoms with Crippen molar-refractivity contribution in [3.05, 3.63) is 34.6 Å². The van der Waals surface area contributed by atoms with Gasteiger partial charge in [0.15, 0.2) is 0 Å². The summed E-state index contributed by atoms with van der Waals surface area (Å²) in [5, 5.41) is 4.61. The van der Waals surface area contributed by atoms with Crippen LogP contribution in [0.3, 0.4) is 0 Å². The van der Waals surface area contributed by atoms with E-state index in [0.717, 1.165) is 29.0 Å². The first kappa shape index (κ1) is 11.8. The third kappa shape index (κ3) is 2.76. The average Bonchev–Trinajstić information content (AvgIpc) is 3.02. The fraction of sp³-hybridized carbons (Fsp3) is 0.429. The van der Waals surface area contributed by atoms with Crippen molar-refractivity contribution in [2.75, 3.05) is 0 Å².